The number of nitrogens with zero attached hydrogens (tertiary/aromatic N) is 5. The first kappa shape index (κ1) is 28.0. The van der Waals surface area contributed by atoms with Crippen molar-refractivity contribution < 1.29 is 35.9 Å². The number of benzene rings is 1. The molecular formula is C25H24F6N6O2. The number of aromatic nitrogens is 4. The number of carbonyl (C=O) groups excluding carboxylic acids is 2. The first-order valence-electron chi connectivity index (χ1n) is 12.0. The highest BCUT2D eigenvalue weighted by molar-refractivity contribution is 5.95. The first-order valence-corrected chi connectivity index (χ1v) is 12.0. The molecule has 0 spiro atoms. The molecule has 4 rings (SSSR count). The van der Waals surface area contributed by atoms with Crippen LogP contribution in [0.1, 0.15) is 70.4 Å². The van der Waals surface area contributed by atoms with E-state index in [2.05, 4.69) is 27.3 Å². The van der Waals surface area contributed by atoms with Crippen LogP contribution in [0.4, 0.5) is 26.3 Å². The highest BCUT2D eigenvalue weighted by Crippen LogP contribution is 2.36. The molecule has 2 aromatic heterocycles. The number of carbonyl (C=O) groups is 2. The van der Waals surface area contributed by atoms with E-state index < -0.39 is 41.0 Å². The first-order chi connectivity index (χ1) is 18.2. The maximum absolute atomic E-state index is 13.2. The number of pyridine rings is 1. The smallest absolute Gasteiger partial charge is 0.342 e. The topological polar surface area (TPSA) is 93.0 Å². The molecule has 1 aliphatic heterocycles. The summed E-state index contributed by atoms with van der Waals surface area (Å²) in [6.07, 6.45) is -5.81. The molecule has 0 aliphatic carbocycles. The van der Waals surface area contributed by atoms with Crippen molar-refractivity contribution in [1.82, 2.24) is 30.0 Å². The van der Waals surface area contributed by atoms with E-state index in [0.29, 0.717) is 36.7 Å². The van der Waals surface area contributed by atoms with Crippen LogP contribution in [-0.2, 0) is 12.4 Å². The Balaban J connectivity index is 1.52. The summed E-state index contributed by atoms with van der Waals surface area (Å²) in [5.41, 5.74) is -3.64. The Kier molecular flexibility index (Phi) is 7.66. The second kappa shape index (κ2) is 10.7. The van der Waals surface area contributed by atoms with Crippen molar-refractivity contribution in [2.24, 2.45) is 5.92 Å². The van der Waals surface area contributed by atoms with Gasteiger partial charge in [-0.05, 0) is 56.0 Å². The molecule has 1 fully saturated rings. The molecule has 8 nitrogen and oxygen atoms in total. The summed E-state index contributed by atoms with van der Waals surface area (Å²) in [6.45, 7) is 4.88. The number of hydrogen-bond acceptors (Lipinski definition) is 5. The fourth-order valence-corrected chi connectivity index (χ4v) is 4.18. The lowest BCUT2D eigenvalue weighted by molar-refractivity contribution is -0.143. The lowest BCUT2D eigenvalue weighted by atomic mass is 9.99. The van der Waals surface area contributed by atoms with Gasteiger partial charge in [0, 0.05) is 24.8 Å². The molecule has 1 saturated heterocycles. The maximum atomic E-state index is 13.2. The Hall–Kier alpha value is -3.97. The summed E-state index contributed by atoms with van der Waals surface area (Å²) in [7, 11) is 0. The van der Waals surface area contributed by atoms with Crippen LogP contribution in [-0.4, -0.2) is 49.6 Å². The molecule has 1 atom stereocenters. The van der Waals surface area contributed by atoms with Gasteiger partial charge in [0.15, 0.2) is 11.6 Å². The number of piperidine rings is 1. The third kappa shape index (κ3) is 6.37. The van der Waals surface area contributed by atoms with E-state index >= 15 is 0 Å². The van der Waals surface area contributed by atoms with Crippen molar-refractivity contribution in [2.75, 3.05) is 13.1 Å². The van der Waals surface area contributed by atoms with Crippen LogP contribution in [0.2, 0.25) is 0 Å². The van der Waals surface area contributed by atoms with Crippen molar-refractivity contribution >= 4 is 11.8 Å². The van der Waals surface area contributed by atoms with Gasteiger partial charge in [-0.1, -0.05) is 6.92 Å². The van der Waals surface area contributed by atoms with Crippen molar-refractivity contribution in [3.05, 3.63) is 70.9 Å². The van der Waals surface area contributed by atoms with E-state index in [0.717, 1.165) is 19.2 Å². The molecule has 0 saturated carbocycles. The summed E-state index contributed by atoms with van der Waals surface area (Å²) in [6, 6.07) is 2.75. The average Bonchev–Trinajstić information content (AvgIpc) is 3.38. The summed E-state index contributed by atoms with van der Waals surface area (Å²) < 4.78 is 80.3. The zero-order chi connectivity index (χ0) is 28.5. The van der Waals surface area contributed by atoms with Gasteiger partial charge in [-0.3, -0.25) is 9.59 Å². The molecule has 0 unspecified atom stereocenters. The van der Waals surface area contributed by atoms with Crippen LogP contribution in [0.3, 0.4) is 0 Å². The van der Waals surface area contributed by atoms with E-state index in [1.165, 1.54) is 23.9 Å². The lowest BCUT2D eigenvalue weighted by Gasteiger charge is -2.30. The molecule has 1 aliphatic rings. The van der Waals surface area contributed by atoms with Crippen LogP contribution < -0.4 is 5.32 Å². The van der Waals surface area contributed by atoms with Gasteiger partial charge in [0.25, 0.3) is 11.8 Å². The minimum absolute atomic E-state index is 0.0529. The minimum atomic E-state index is -5.09. The SMILES string of the molecule is CC1CCN(C(=O)c2ccc(-n3ncnc3[C@H](C)NC(=O)c3cc(C(F)(F)F)cc(C(F)(F)F)c3)nc2)CC1. The van der Waals surface area contributed by atoms with Gasteiger partial charge in [0.2, 0.25) is 0 Å². The van der Waals surface area contributed by atoms with Gasteiger partial charge >= 0.3 is 12.4 Å². The standard InChI is InChI=1S/C25H24F6N6O2/c1-14-5-7-36(8-6-14)23(39)16-3-4-20(32-12-16)37-21(33-13-34-37)15(2)35-22(38)17-9-18(24(26,27)28)11-19(10-17)25(29,30)31/h3-4,9-15H,5-8H2,1-2H3,(H,35,38)/t15-/m0/s1. The number of halogens is 6. The molecule has 3 aromatic rings. The maximum Gasteiger partial charge on any atom is 0.416 e. The Morgan fingerprint density at radius 2 is 1.56 bits per heavy atom. The number of nitrogens with one attached hydrogen (secondary N) is 1. The van der Waals surface area contributed by atoms with E-state index in [9.17, 15) is 35.9 Å². The Morgan fingerprint density at radius 1 is 0.949 bits per heavy atom. The normalized spacial score (nSPS) is 15.7. The van der Waals surface area contributed by atoms with E-state index in [4.69, 9.17) is 0 Å². The Labute approximate surface area is 219 Å². The van der Waals surface area contributed by atoms with E-state index in [1.807, 2.05) is 0 Å². The Morgan fingerprint density at radius 3 is 2.10 bits per heavy atom. The fourth-order valence-electron chi connectivity index (χ4n) is 4.18. The van der Waals surface area contributed by atoms with Crippen molar-refractivity contribution in [2.45, 2.75) is 45.1 Å². The molecule has 1 N–H and O–H groups in total. The monoisotopic (exact) mass is 554 g/mol. The molecule has 3 heterocycles. The van der Waals surface area contributed by atoms with Crippen LogP contribution in [0, 0.1) is 5.92 Å². The van der Waals surface area contributed by atoms with Crippen LogP contribution in [0.25, 0.3) is 5.82 Å². The highest BCUT2D eigenvalue weighted by atomic mass is 19.4. The zero-order valence-corrected chi connectivity index (χ0v) is 20.8. The largest absolute Gasteiger partial charge is 0.416 e. The average molecular weight is 554 g/mol. The van der Waals surface area contributed by atoms with Crippen molar-refractivity contribution in [3.63, 3.8) is 0 Å². The van der Waals surface area contributed by atoms with Gasteiger partial charge in [-0.25, -0.2) is 9.97 Å². The van der Waals surface area contributed by atoms with Crippen molar-refractivity contribution in [1.29, 1.82) is 0 Å². The molecule has 208 valence electrons. The number of hydrogen-bond donors (Lipinski definition) is 1. The van der Waals surface area contributed by atoms with Gasteiger partial charge in [0.05, 0.1) is 22.7 Å². The lowest BCUT2D eigenvalue weighted by Crippen LogP contribution is -2.37. The number of amides is 2. The molecule has 2 amide bonds. The molecule has 1 aromatic carbocycles. The van der Waals surface area contributed by atoms with Crippen LogP contribution in [0.5, 0.6) is 0 Å². The number of alkyl halides is 6. The highest BCUT2D eigenvalue weighted by Gasteiger charge is 2.37. The Bertz CT molecular complexity index is 1310. The summed E-state index contributed by atoms with van der Waals surface area (Å²) in [5, 5.41) is 6.41. The number of likely N-dealkylation sites (tertiary alicyclic amines) is 1. The molecule has 39 heavy (non-hydrogen) atoms. The third-order valence-electron chi connectivity index (χ3n) is 6.44. The van der Waals surface area contributed by atoms with Gasteiger partial charge in [-0.15, -0.1) is 0 Å². The van der Waals surface area contributed by atoms with E-state index in [-0.39, 0.29) is 23.6 Å². The predicted molar refractivity (Wildman–Crippen MR) is 126 cm³/mol. The van der Waals surface area contributed by atoms with Crippen LogP contribution >= 0.6 is 0 Å². The fraction of sp³-hybridized carbons (Fsp3) is 0.400. The predicted octanol–water partition coefficient (Wildman–Crippen LogP) is 5.06. The zero-order valence-electron chi connectivity index (χ0n) is 20.8. The molecule has 0 bridgehead atoms. The van der Waals surface area contributed by atoms with Crippen LogP contribution in [0.15, 0.2) is 42.9 Å². The second-order valence-electron chi connectivity index (χ2n) is 9.40. The van der Waals surface area contributed by atoms with Crippen molar-refractivity contribution in [3.8, 4) is 5.82 Å². The summed E-state index contributed by atoms with van der Waals surface area (Å²) >= 11 is 0. The van der Waals surface area contributed by atoms with Gasteiger partial charge in [0.1, 0.15) is 6.33 Å². The summed E-state index contributed by atoms with van der Waals surface area (Å²) in [5.74, 6) is -0.407. The number of rotatable bonds is 5. The molecule has 14 heteroatoms. The second-order valence-corrected chi connectivity index (χ2v) is 9.40. The summed E-state index contributed by atoms with van der Waals surface area (Å²) in [4.78, 5) is 35.5. The third-order valence-corrected chi connectivity index (χ3v) is 6.44. The minimum Gasteiger partial charge on any atom is -0.342 e. The van der Waals surface area contributed by atoms with Gasteiger partial charge in [-0.2, -0.15) is 36.1 Å². The van der Waals surface area contributed by atoms with E-state index in [1.54, 1.807) is 11.0 Å². The van der Waals surface area contributed by atoms with Gasteiger partial charge < -0.3 is 10.2 Å². The molecule has 0 radical (unpaired) electrons. The molecular weight excluding hydrogens is 530 g/mol. The quantitative estimate of drug-likeness (QED) is 0.445.